The lowest BCUT2D eigenvalue weighted by Gasteiger charge is -2.44. The third-order valence-electron chi connectivity index (χ3n) is 14.4. The monoisotopic (exact) mass is 1060 g/mol. The highest BCUT2D eigenvalue weighted by Gasteiger charge is 2.44. The van der Waals surface area contributed by atoms with E-state index in [4.69, 9.17) is 10.5 Å². The van der Waals surface area contributed by atoms with Gasteiger partial charge >= 0.3 is 17.9 Å². The number of esters is 1. The number of nitrogens with zero attached hydrogens (tertiary/aromatic N) is 3. The molecule has 2 heterocycles. The maximum absolute atomic E-state index is 14.8. The zero-order valence-electron chi connectivity index (χ0n) is 45.3. The molecule has 0 saturated carbocycles. The number of benzene rings is 2. The number of nitrogens with one attached hydrogen (secondary N) is 4. The molecule has 0 spiro atoms. The molecule has 0 bridgehead atoms. The van der Waals surface area contributed by atoms with Crippen LogP contribution in [0.5, 0.6) is 0 Å². The first-order valence-electron chi connectivity index (χ1n) is 26.1. The Morgan fingerprint density at radius 3 is 2.12 bits per heavy atom. The fraction of sp³-hybridized carbons (Fsp3) is 0.582. The van der Waals surface area contributed by atoms with E-state index >= 15 is 0 Å². The zero-order valence-corrected chi connectivity index (χ0v) is 46.1. The van der Waals surface area contributed by atoms with E-state index in [2.05, 4.69) is 26.3 Å². The van der Waals surface area contributed by atoms with Gasteiger partial charge in [0, 0.05) is 61.9 Å². The lowest BCUT2D eigenvalue weighted by Crippen LogP contribution is -2.63. The summed E-state index contributed by atoms with van der Waals surface area (Å²) in [5, 5.41) is 32.4. The smallest absolute Gasteiger partial charge is 0.306 e. The van der Waals surface area contributed by atoms with Crippen LogP contribution in [0.4, 0.5) is 5.69 Å². The third kappa shape index (κ3) is 18.2. The molecule has 19 nitrogen and oxygen atoms in total. The average molecular weight is 1060 g/mol. The topological polar surface area (TPSA) is 277 Å². The summed E-state index contributed by atoms with van der Waals surface area (Å²) < 4.78 is 6.22. The second kappa shape index (κ2) is 28.6. The van der Waals surface area contributed by atoms with Gasteiger partial charge in [-0.15, -0.1) is 11.3 Å². The second-order valence-corrected chi connectivity index (χ2v) is 22.1. The van der Waals surface area contributed by atoms with Crippen molar-refractivity contribution in [3.63, 3.8) is 0 Å². The van der Waals surface area contributed by atoms with Crippen LogP contribution >= 0.6 is 11.3 Å². The van der Waals surface area contributed by atoms with Crippen LogP contribution in [-0.4, -0.2) is 129 Å². The van der Waals surface area contributed by atoms with Gasteiger partial charge in [0.1, 0.15) is 29.3 Å². The Labute approximate surface area is 445 Å². The van der Waals surface area contributed by atoms with E-state index in [1.54, 1.807) is 50.2 Å². The number of aliphatic carboxylic acids is 2. The van der Waals surface area contributed by atoms with Gasteiger partial charge < -0.3 is 51.3 Å². The summed E-state index contributed by atoms with van der Waals surface area (Å²) in [4.78, 5) is 111. The Bertz CT molecular complexity index is 2420. The molecule has 0 aliphatic carbocycles. The molecule has 20 heteroatoms. The molecule has 9 unspecified atom stereocenters. The predicted octanol–water partition coefficient (Wildman–Crippen LogP) is 6.07. The van der Waals surface area contributed by atoms with Gasteiger partial charge in [0.05, 0.1) is 25.6 Å². The maximum Gasteiger partial charge on any atom is 0.306 e. The number of ether oxygens (including phenoxy) is 1. The number of hydrogen-bond donors (Lipinski definition) is 7. The summed E-state index contributed by atoms with van der Waals surface area (Å²) >= 11 is 1.15. The van der Waals surface area contributed by atoms with E-state index in [-0.39, 0.29) is 60.9 Å². The number of piperidine rings is 1. The highest BCUT2D eigenvalue weighted by atomic mass is 32.1. The first-order valence-corrected chi connectivity index (χ1v) is 27.0. The summed E-state index contributed by atoms with van der Waals surface area (Å²) in [5.74, 6) is -6.13. The molecule has 412 valence electrons. The zero-order chi connectivity index (χ0) is 55.7. The Kier molecular flexibility index (Phi) is 23.4. The summed E-state index contributed by atoms with van der Waals surface area (Å²) in [6.07, 6.45) is 2.27. The van der Waals surface area contributed by atoms with Gasteiger partial charge in [-0.25, -0.2) is 4.98 Å². The number of carboxylic acids is 2. The number of hydrogen-bond acceptors (Lipinski definition) is 12. The van der Waals surface area contributed by atoms with E-state index in [1.165, 1.54) is 6.92 Å². The number of aromatic nitrogens is 1. The lowest BCUT2D eigenvalue weighted by molar-refractivity contribution is -0.942. The molecule has 1 aliphatic heterocycles. The van der Waals surface area contributed by atoms with Gasteiger partial charge in [0.25, 0.3) is 11.8 Å². The standard InChI is InChI=1S/C55H80N8O11S/c1-11-34(6)48(61-51(69)44-19-15-16-26-63(44,10)30-38-20-22-39(23-21-38)57-49(67)41(24-25-46(65)66)59-52(70)47(56)33(4)5)54(71)62(9)43(32(2)3)29-45(74-36(8)64)53-60-42(31-75-53)50(68)58-40(27-35(7)55(72)73)28-37-17-13-12-14-18-37/h12-14,17-18,20-23,31-35,40-41,43-45,47-48H,11,15-16,19,24-30,56H2,1-10H3,(H5-,57,58,59,61,65,66,67,68,69,70,72,73)/p+1/t34?,35?,40?,41?,43?,44-,45?,47?,48?,63?/m1/s1. The minimum absolute atomic E-state index is 0.0864. The van der Waals surface area contributed by atoms with E-state index in [0.717, 1.165) is 35.3 Å². The molecule has 75 heavy (non-hydrogen) atoms. The van der Waals surface area contributed by atoms with Crippen LogP contribution in [-0.2, 0) is 51.3 Å². The number of nitrogens with two attached hydrogens (primary N) is 1. The largest absolute Gasteiger partial charge is 0.481 e. The van der Waals surface area contributed by atoms with E-state index in [9.17, 15) is 48.6 Å². The maximum atomic E-state index is 14.8. The van der Waals surface area contributed by atoms with Crippen LogP contribution in [0.1, 0.15) is 139 Å². The molecule has 1 aliphatic rings. The molecule has 3 aromatic rings. The summed E-state index contributed by atoms with van der Waals surface area (Å²) in [6.45, 7) is 15.4. The van der Waals surface area contributed by atoms with E-state index < -0.39 is 83.9 Å². The van der Waals surface area contributed by atoms with Crippen LogP contribution in [0.25, 0.3) is 0 Å². The first-order chi connectivity index (χ1) is 35.3. The molecule has 1 aromatic heterocycles. The number of rotatable bonds is 28. The fourth-order valence-electron chi connectivity index (χ4n) is 9.56. The fourth-order valence-corrected chi connectivity index (χ4v) is 10.4. The highest BCUT2D eigenvalue weighted by molar-refractivity contribution is 7.09. The molecule has 8 N–H and O–H groups in total. The van der Waals surface area contributed by atoms with Gasteiger partial charge in [0.15, 0.2) is 12.1 Å². The molecule has 2 aromatic carbocycles. The number of thiazole rings is 1. The van der Waals surface area contributed by atoms with Crippen molar-refractivity contribution in [2.45, 2.75) is 162 Å². The average Bonchev–Trinajstić information content (AvgIpc) is 3.86. The third-order valence-corrected chi connectivity index (χ3v) is 15.4. The van der Waals surface area contributed by atoms with Crippen LogP contribution in [0.2, 0.25) is 0 Å². The van der Waals surface area contributed by atoms with Crippen molar-refractivity contribution in [3.8, 4) is 0 Å². The van der Waals surface area contributed by atoms with E-state index in [0.29, 0.717) is 47.5 Å². The van der Waals surface area contributed by atoms with Crippen LogP contribution in [0.15, 0.2) is 60.0 Å². The van der Waals surface area contributed by atoms with Crippen LogP contribution < -0.4 is 27.0 Å². The quantitative estimate of drug-likeness (QED) is 0.0322. The Balaban J connectivity index is 1.49. The predicted molar refractivity (Wildman–Crippen MR) is 286 cm³/mol. The Hall–Kier alpha value is -6.25. The molecule has 1 fully saturated rings. The molecule has 10 atom stereocenters. The summed E-state index contributed by atoms with van der Waals surface area (Å²) in [5.41, 5.74) is 8.34. The normalized spacial score (nSPS) is 18.8. The Morgan fingerprint density at radius 2 is 1.53 bits per heavy atom. The molecule has 5 amide bonds. The molecule has 4 rings (SSSR count). The first kappa shape index (κ1) is 61.3. The number of quaternary nitrogens is 1. The van der Waals surface area contributed by atoms with Crippen molar-refractivity contribution in [2.75, 3.05) is 26.0 Å². The summed E-state index contributed by atoms with van der Waals surface area (Å²) in [6, 6.07) is 12.2. The Morgan fingerprint density at radius 1 is 0.867 bits per heavy atom. The van der Waals surface area contributed by atoms with Gasteiger partial charge in [-0.2, -0.15) is 0 Å². The number of carboxylic acid groups (broad SMARTS) is 2. The molecular formula is C55H81N8O11S+. The molecular weight excluding hydrogens is 981 g/mol. The van der Waals surface area contributed by atoms with Crippen LogP contribution in [0.3, 0.4) is 0 Å². The van der Waals surface area contributed by atoms with E-state index in [1.807, 2.05) is 77.2 Å². The second-order valence-electron chi connectivity index (χ2n) is 21.2. The minimum Gasteiger partial charge on any atom is -0.481 e. The molecule has 1 saturated heterocycles. The van der Waals surface area contributed by atoms with Gasteiger partial charge in [-0.3, -0.25) is 38.4 Å². The number of likely N-dealkylation sites (tertiary alicyclic amines) is 1. The number of likely N-dealkylation sites (N-methyl/N-ethyl adjacent to an activating group) is 2. The van der Waals surface area contributed by atoms with Crippen molar-refractivity contribution >= 4 is 64.5 Å². The van der Waals surface area contributed by atoms with Crippen molar-refractivity contribution in [1.29, 1.82) is 0 Å². The van der Waals surface area contributed by atoms with Crippen molar-refractivity contribution in [1.82, 2.24) is 25.8 Å². The number of carbonyl (C=O) groups is 8. The lowest BCUT2D eigenvalue weighted by atomic mass is 9.92. The highest BCUT2D eigenvalue weighted by Crippen LogP contribution is 2.32. The number of carbonyl (C=O) groups excluding carboxylic acids is 6. The van der Waals surface area contributed by atoms with Crippen molar-refractivity contribution in [2.24, 2.45) is 29.4 Å². The van der Waals surface area contributed by atoms with Crippen molar-refractivity contribution in [3.05, 3.63) is 81.8 Å². The number of anilines is 1. The van der Waals surface area contributed by atoms with Crippen molar-refractivity contribution < 1.29 is 57.8 Å². The van der Waals surface area contributed by atoms with Gasteiger partial charge in [-0.1, -0.05) is 97.4 Å². The van der Waals surface area contributed by atoms with Gasteiger partial charge in [0.2, 0.25) is 17.7 Å². The minimum atomic E-state index is -1.12. The summed E-state index contributed by atoms with van der Waals surface area (Å²) in [7, 11) is 3.72. The van der Waals surface area contributed by atoms with Crippen LogP contribution in [0, 0.1) is 23.7 Å². The SMILES string of the molecule is CCC(C)C(NC(=O)[C@H]1CCCC[N+]1(C)Cc1ccc(NC(=O)C(CCC(=O)O)NC(=O)C(N)C(C)C)cc1)C(=O)N(C)C(CC(OC(C)=O)c1nc(C(=O)NC(Cc2ccccc2)CC(C)C(=O)O)cs1)C(C)C. The number of amides is 5. The van der Waals surface area contributed by atoms with Gasteiger partial charge in [-0.05, 0) is 67.6 Å². The molecule has 0 radical (unpaired) electrons.